The highest BCUT2D eigenvalue weighted by molar-refractivity contribution is 7.91. The summed E-state index contributed by atoms with van der Waals surface area (Å²) < 4.78 is 28.2. The van der Waals surface area contributed by atoms with Gasteiger partial charge in [0.2, 0.25) is 0 Å². The van der Waals surface area contributed by atoms with Crippen molar-refractivity contribution in [2.24, 2.45) is 0 Å². The Morgan fingerprint density at radius 3 is 3.00 bits per heavy atom. The van der Waals surface area contributed by atoms with Crippen molar-refractivity contribution in [1.82, 2.24) is 0 Å². The zero-order valence-electron chi connectivity index (χ0n) is 10.6. The summed E-state index contributed by atoms with van der Waals surface area (Å²) >= 11 is 0. The number of methoxy groups -OCH3 is 1. The summed E-state index contributed by atoms with van der Waals surface area (Å²) in [5.74, 6) is 0.566. The summed E-state index contributed by atoms with van der Waals surface area (Å²) in [6.45, 7) is 0.568. The first kappa shape index (κ1) is 13.4. The van der Waals surface area contributed by atoms with E-state index in [1.165, 1.54) is 0 Å². The lowest BCUT2D eigenvalue weighted by Gasteiger charge is -2.24. The van der Waals surface area contributed by atoms with Gasteiger partial charge in [-0.3, -0.25) is 0 Å². The second-order valence-corrected chi connectivity index (χ2v) is 6.96. The smallest absolute Gasteiger partial charge is 0.152 e. The van der Waals surface area contributed by atoms with Crippen LogP contribution in [0.25, 0.3) is 0 Å². The van der Waals surface area contributed by atoms with Crippen molar-refractivity contribution in [3.63, 3.8) is 0 Å². The van der Waals surface area contributed by atoms with Crippen molar-refractivity contribution >= 4 is 15.5 Å². The Labute approximate surface area is 108 Å². The second-order valence-electron chi connectivity index (χ2n) is 4.73. The largest absolute Gasteiger partial charge is 0.381 e. The van der Waals surface area contributed by atoms with Crippen LogP contribution in [0.2, 0.25) is 0 Å². The molecule has 0 radical (unpaired) electrons. The van der Waals surface area contributed by atoms with Gasteiger partial charge in [-0.25, -0.2) is 8.42 Å². The molecule has 0 bridgehead atoms. The van der Waals surface area contributed by atoms with Crippen LogP contribution in [0, 0.1) is 0 Å². The number of ether oxygens (including phenoxy) is 1. The lowest BCUT2D eigenvalue weighted by molar-refractivity contribution is 0.185. The van der Waals surface area contributed by atoms with E-state index in [0.717, 1.165) is 24.1 Å². The molecule has 100 valence electrons. The Balaban J connectivity index is 2.02. The Morgan fingerprint density at radius 2 is 2.28 bits per heavy atom. The maximum Gasteiger partial charge on any atom is 0.152 e. The number of sulfone groups is 1. The molecule has 1 aliphatic heterocycles. The Hall–Kier alpha value is -1.07. The molecule has 18 heavy (non-hydrogen) atoms. The molecule has 1 fully saturated rings. The zero-order chi connectivity index (χ0) is 13.0. The molecule has 1 saturated heterocycles. The van der Waals surface area contributed by atoms with E-state index >= 15 is 0 Å². The summed E-state index contributed by atoms with van der Waals surface area (Å²) in [4.78, 5) is 0. The van der Waals surface area contributed by atoms with Gasteiger partial charge in [0.1, 0.15) is 0 Å². The molecular formula is C13H19NO3S. The van der Waals surface area contributed by atoms with E-state index < -0.39 is 9.84 Å². The van der Waals surface area contributed by atoms with Crippen molar-refractivity contribution in [3.8, 4) is 0 Å². The minimum absolute atomic E-state index is 0.0292. The maximum absolute atomic E-state index is 11.6. The van der Waals surface area contributed by atoms with Crippen LogP contribution in [0.3, 0.4) is 0 Å². The third-order valence-electron chi connectivity index (χ3n) is 3.07. The molecule has 0 amide bonds. The van der Waals surface area contributed by atoms with Crippen molar-refractivity contribution in [1.29, 1.82) is 0 Å². The fourth-order valence-corrected chi connectivity index (χ4v) is 3.93. The number of hydrogen-bond acceptors (Lipinski definition) is 4. The van der Waals surface area contributed by atoms with Crippen LogP contribution < -0.4 is 5.32 Å². The highest BCUT2D eigenvalue weighted by Gasteiger charge is 2.24. The molecule has 2 rings (SSSR count). The van der Waals surface area contributed by atoms with Crippen molar-refractivity contribution in [2.75, 3.05) is 23.9 Å². The van der Waals surface area contributed by atoms with Gasteiger partial charge >= 0.3 is 0 Å². The molecule has 0 spiro atoms. The van der Waals surface area contributed by atoms with Gasteiger partial charge in [0.05, 0.1) is 18.1 Å². The zero-order valence-corrected chi connectivity index (χ0v) is 11.4. The summed E-state index contributed by atoms with van der Waals surface area (Å²) in [6, 6.07) is 7.94. The topological polar surface area (TPSA) is 55.4 Å². The molecule has 1 atom stereocenters. The Kier molecular flexibility index (Phi) is 4.24. The maximum atomic E-state index is 11.6. The molecule has 1 N–H and O–H groups in total. The SMILES string of the molecule is COCc1cccc(NC2CCCS(=O)(=O)C2)c1. The molecule has 1 unspecified atom stereocenters. The molecule has 1 heterocycles. The van der Waals surface area contributed by atoms with E-state index in [-0.39, 0.29) is 11.8 Å². The fraction of sp³-hybridized carbons (Fsp3) is 0.538. The minimum Gasteiger partial charge on any atom is -0.381 e. The average Bonchev–Trinajstić information content (AvgIpc) is 2.28. The van der Waals surface area contributed by atoms with E-state index in [4.69, 9.17) is 4.74 Å². The van der Waals surface area contributed by atoms with Crippen LogP contribution in [0.5, 0.6) is 0 Å². The van der Waals surface area contributed by atoms with E-state index in [9.17, 15) is 8.42 Å². The summed E-state index contributed by atoms with van der Waals surface area (Å²) in [5.41, 5.74) is 2.05. The van der Waals surface area contributed by atoms with Gasteiger partial charge in [-0.15, -0.1) is 0 Å². The normalized spacial score (nSPS) is 22.6. The Morgan fingerprint density at radius 1 is 1.44 bits per heavy atom. The average molecular weight is 269 g/mol. The van der Waals surface area contributed by atoms with Gasteiger partial charge < -0.3 is 10.1 Å². The summed E-state index contributed by atoms with van der Waals surface area (Å²) in [7, 11) is -1.20. The molecule has 0 aromatic heterocycles. The number of hydrogen-bond donors (Lipinski definition) is 1. The predicted molar refractivity (Wildman–Crippen MR) is 72.5 cm³/mol. The lowest BCUT2D eigenvalue weighted by atomic mass is 10.1. The van der Waals surface area contributed by atoms with Crippen LogP contribution in [0.1, 0.15) is 18.4 Å². The highest BCUT2D eigenvalue weighted by Crippen LogP contribution is 2.18. The first-order chi connectivity index (χ1) is 8.59. The summed E-state index contributed by atoms with van der Waals surface area (Å²) in [5, 5.41) is 3.30. The standard InChI is InChI=1S/C13H19NO3S/c1-17-9-11-4-2-5-12(8-11)14-13-6-3-7-18(15,16)10-13/h2,4-5,8,13-14H,3,6-7,9-10H2,1H3. The lowest BCUT2D eigenvalue weighted by Crippen LogP contribution is -2.34. The Bertz CT molecular complexity index is 499. The number of rotatable bonds is 4. The van der Waals surface area contributed by atoms with Gasteiger partial charge in [0.15, 0.2) is 9.84 Å². The van der Waals surface area contributed by atoms with Crippen LogP contribution in [0.4, 0.5) is 5.69 Å². The van der Waals surface area contributed by atoms with Gasteiger partial charge in [0, 0.05) is 18.8 Å². The molecule has 1 aliphatic rings. The molecule has 5 heteroatoms. The third-order valence-corrected chi connectivity index (χ3v) is 4.89. The number of benzene rings is 1. The quantitative estimate of drug-likeness (QED) is 0.906. The van der Waals surface area contributed by atoms with E-state index in [0.29, 0.717) is 12.4 Å². The molecule has 4 nitrogen and oxygen atoms in total. The first-order valence-corrected chi connectivity index (χ1v) is 7.96. The van der Waals surface area contributed by atoms with Gasteiger partial charge in [-0.1, -0.05) is 12.1 Å². The van der Waals surface area contributed by atoms with Gasteiger partial charge in [-0.2, -0.15) is 0 Å². The van der Waals surface area contributed by atoms with Crippen LogP contribution >= 0.6 is 0 Å². The number of anilines is 1. The van der Waals surface area contributed by atoms with E-state index in [1.54, 1.807) is 7.11 Å². The number of nitrogens with one attached hydrogen (secondary N) is 1. The van der Waals surface area contributed by atoms with Crippen LogP contribution in [0.15, 0.2) is 24.3 Å². The summed E-state index contributed by atoms with van der Waals surface area (Å²) in [6.07, 6.45) is 1.66. The van der Waals surface area contributed by atoms with Crippen molar-refractivity contribution in [2.45, 2.75) is 25.5 Å². The molecule has 0 saturated carbocycles. The predicted octanol–water partition coefficient (Wildman–Crippen LogP) is 1.82. The molecule has 1 aromatic rings. The minimum atomic E-state index is -2.86. The van der Waals surface area contributed by atoms with Crippen molar-refractivity contribution < 1.29 is 13.2 Å². The molecular weight excluding hydrogens is 250 g/mol. The van der Waals surface area contributed by atoms with Crippen LogP contribution in [-0.2, 0) is 21.2 Å². The molecule has 1 aromatic carbocycles. The van der Waals surface area contributed by atoms with Gasteiger partial charge in [-0.05, 0) is 30.5 Å². The third kappa shape index (κ3) is 3.71. The molecule has 0 aliphatic carbocycles. The monoisotopic (exact) mass is 269 g/mol. The first-order valence-electron chi connectivity index (χ1n) is 6.14. The fourth-order valence-electron chi connectivity index (χ4n) is 2.29. The van der Waals surface area contributed by atoms with Gasteiger partial charge in [0.25, 0.3) is 0 Å². The second kappa shape index (κ2) is 5.71. The van der Waals surface area contributed by atoms with Crippen LogP contribution in [-0.4, -0.2) is 33.1 Å². The van der Waals surface area contributed by atoms with Crippen molar-refractivity contribution in [3.05, 3.63) is 29.8 Å². The van der Waals surface area contributed by atoms with E-state index in [2.05, 4.69) is 5.32 Å². The highest BCUT2D eigenvalue weighted by atomic mass is 32.2. The van der Waals surface area contributed by atoms with E-state index in [1.807, 2.05) is 24.3 Å².